The molecule has 0 saturated heterocycles. The average molecular weight is 256 g/mol. The molecule has 100 valence electrons. The van der Waals surface area contributed by atoms with Gasteiger partial charge in [-0.3, -0.25) is 0 Å². The number of phenolic OH excluding ortho intramolecular Hbond substituents is 1. The normalized spacial score (nSPS) is 13.8. The van der Waals surface area contributed by atoms with Crippen LogP contribution in [0.15, 0.2) is 18.2 Å². The van der Waals surface area contributed by atoms with Crippen molar-refractivity contribution < 1.29 is 29.6 Å². The number of rotatable bonds is 5. The molecule has 1 aromatic carbocycles. The Morgan fingerprint density at radius 1 is 1.39 bits per heavy atom. The third-order valence-corrected chi connectivity index (χ3v) is 2.36. The summed E-state index contributed by atoms with van der Waals surface area (Å²) in [4.78, 5) is 11.3. The van der Waals surface area contributed by atoms with Crippen molar-refractivity contribution in [1.82, 2.24) is 0 Å². The lowest BCUT2D eigenvalue weighted by Crippen LogP contribution is -2.30. The van der Waals surface area contributed by atoms with Crippen LogP contribution < -0.4 is 4.74 Å². The van der Waals surface area contributed by atoms with Gasteiger partial charge >= 0.3 is 5.97 Å². The molecular weight excluding hydrogens is 240 g/mol. The van der Waals surface area contributed by atoms with E-state index in [1.165, 1.54) is 25.3 Å². The molecule has 0 amide bonds. The highest BCUT2D eigenvalue weighted by Crippen LogP contribution is 2.30. The number of carbonyl (C=O) groups is 1. The molecule has 0 aliphatic carbocycles. The van der Waals surface area contributed by atoms with Crippen molar-refractivity contribution in [2.75, 3.05) is 13.7 Å². The lowest BCUT2D eigenvalue weighted by molar-refractivity contribution is -0.159. The van der Waals surface area contributed by atoms with Gasteiger partial charge in [-0.2, -0.15) is 0 Å². The number of phenols is 1. The van der Waals surface area contributed by atoms with Crippen LogP contribution in [-0.2, 0) is 9.53 Å². The van der Waals surface area contributed by atoms with Gasteiger partial charge in [0.05, 0.1) is 13.7 Å². The van der Waals surface area contributed by atoms with Gasteiger partial charge in [-0.1, -0.05) is 0 Å². The minimum Gasteiger partial charge on any atom is -0.508 e. The Morgan fingerprint density at radius 2 is 2.06 bits per heavy atom. The van der Waals surface area contributed by atoms with Crippen LogP contribution in [0.1, 0.15) is 18.6 Å². The zero-order chi connectivity index (χ0) is 13.7. The molecule has 18 heavy (non-hydrogen) atoms. The molecule has 0 radical (unpaired) electrons. The predicted molar refractivity (Wildman–Crippen MR) is 62.3 cm³/mol. The topological polar surface area (TPSA) is 96.2 Å². The summed E-state index contributed by atoms with van der Waals surface area (Å²) in [5, 5.41) is 28.8. The van der Waals surface area contributed by atoms with E-state index in [1.807, 2.05) is 0 Å². The first-order valence-electron chi connectivity index (χ1n) is 5.41. The van der Waals surface area contributed by atoms with Crippen LogP contribution in [0.5, 0.6) is 11.5 Å². The molecule has 0 fully saturated rings. The van der Waals surface area contributed by atoms with Gasteiger partial charge in [0.2, 0.25) is 0 Å². The summed E-state index contributed by atoms with van der Waals surface area (Å²) in [5.74, 6) is -0.792. The highest BCUT2D eigenvalue weighted by molar-refractivity contribution is 5.75. The van der Waals surface area contributed by atoms with E-state index in [2.05, 4.69) is 4.74 Å². The first kappa shape index (κ1) is 14.3. The van der Waals surface area contributed by atoms with Crippen LogP contribution in [-0.4, -0.2) is 41.1 Å². The van der Waals surface area contributed by atoms with Crippen LogP contribution >= 0.6 is 0 Å². The maximum Gasteiger partial charge on any atom is 0.338 e. The Labute approximate surface area is 104 Å². The van der Waals surface area contributed by atoms with Crippen molar-refractivity contribution >= 4 is 5.97 Å². The number of hydrogen-bond donors (Lipinski definition) is 3. The number of aliphatic hydroxyl groups is 2. The highest BCUT2D eigenvalue weighted by Gasteiger charge is 2.29. The number of ether oxygens (including phenoxy) is 2. The van der Waals surface area contributed by atoms with Crippen LogP contribution in [0.2, 0.25) is 0 Å². The van der Waals surface area contributed by atoms with E-state index in [0.717, 1.165) is 0 Å². The van der Waals surface area contributed by atoms with Gasteiger partial charge < -0.3 is 24.8 Å². The van der Waals surface area contributed by atoms with E-state index in [4.69, 9.17) is 4.74 Å². The van der Waals surface area contributed by atoms with Crippen LogP contribution in [0.4, 0.5) is 0 Å². The minimum atomic E-state index is -1.71. The Balaban J connectivity index is 2.95. The first-order valence-corrected chi connectivity index (χ1v) is 5.41. The fraction of sp³-hybridized carbons (Fsp3) is 0.417. The molecule has 0 aliphatic heterocycles. The standard InChI is InChI=1S/C12H16O6/c1-3-18-12(16)11(15)10(14)8-5-4-7(13)6-9(8)17-2/h4-6,10-11,13-15H,3H2,1-2H3. The summed E-state index contributed by atoms with van der Waals surface area (Å²) in [5.41, 5.74) is 0.191. The molecule has 3 N–H and O–H groups in total. The maximum absolute atomic E-state index is 11.3. The van der Waals surface area contributed by atoms with Crippen molar-refractivity contribution in [1.29, 1.82) is 0 Å². The maximum atomic E-state index is 11.3. The number of aromatic hydroxyl groups is 1. The van der Waals surface area contributed by atoms with Gasteiger partial charge in [0.15, 0.2) is 6.10 Å². The number of methoxy groups -OCH3 is 1. The van der Waals surface area contributed by atoms with E-state index in [0.29, 0.717) is 0 Å². The molecule has 1 rings (SSSR count). The molecule has 6 nitrogen and oxygen atoms in total. The Hall–Kier alpha value is -1.79. The Bertz CT molecular complexity index is 417. The lowest BCUT2D eigenvalue weighted by Gasteiger charge is -2.19. The second-order valence-electron chi connectivity index (χ2n) is 3.57. The quantitative estimate of drug-likeness (QED) is 0.658. The third kappa shape index (κ3) is 3.12. The van der Waals surface area contributed by atoms with Gasteiger partial charge in [0.1, 0.15) is 17.6 Å². The molecule has 2 unspecified atom stereocenters. The van der Waals surface area contributed by atoms with E-state index in [1.54, 1.807) is 6.92 Å². The van der Waals surface area contributed by atoms with E-state index < -0.39 is 18.2 Å². The van der Waals surface area contributed by atoms with Gasteiger partial charge in [-0.25, -0.2) is 4.79 Å². The van der Waals surface area contributed by atoms with Gasteiger partial charge in [-0.15, -0.1) is 0 Å². The lowest BCUT2D eigenvalue weighted by atomic mass is 10.0. The SMILES string of the molecule is CCOC(=O)C(O)C(O)c1ccc(O)cc1OC. The summed E-state index contributed by atoms with van der Waals surface area (Å²) in [6, 6.07) is 3.96. The van der Waals surface area contributed by atoms with Gasteiger partial charge in [0, 0.05) is 11.6 Å². The van der Waals surface area contributed by atoms with Crippen molar-refractivity contribution in [2.24, 2.45) is 0 Å². The van der Waals surface area contributed by atoms with Crippen molar-refractivity contribution in [2.45, 2.75) is 19.1 Å². The smallest absolute Gasteiger partial charge is 0.338 e. The molecule has 1 aromatic rings. The number of esters is 1. The predicted octanol–water partition coefficient (Wildman–Crippen LogP) is 0.358. The summed E-state index contributed by atoms with van der Waals surface area (Å²) >= 11 is 0. The van der Waals surface area contributed by atoms with Crippen molar-refractivity contribution in [3.63, 3.8) is 0 Å². The van der Waals surface area contributed by atoms with E-state index >= 15 is 0 Å². The zero-order valence-electron chi connectivity index (χ0n) is 10.2. The molecule has 0 aromatic heterocycles. The second-order valence-corrected chi connectivity index (χ2v) is 3.57. The largest absolute Gasteiger partial charge is 0.508 e. The summed E-state index contributed by atoms with van der Waals surface area (Å²) < 4.78 is 9.56. The average Bonchev–Trinajstić information content (AvgIpc) is 2.37. The monoisotopic (exact) mass is 256 g/mol. The molecule has 0 aliphatic rings. The first-order chi connectivity index (χ1) is 8.51. The van der Waals surface area contributed by atoms with Crippen LogP contribution in [0.3, 0.4) is 0 Å². The van der Waals surface area contributed by atoms with Crippen LogP contribution in [0.25, 0.3) is 0 Å². The second kappa shape index (κ2) is 6.23. The van der Waals surface area contributed by atoms with Gasteiger partial charge in [0.25, 0.3) is 0 Å². The van der Waals surface area contributed by atoms with E-state index in [-0.39, 0.29) is 23.7 Å². The summed E-state index contributed by atoms with van der Waals surface area (Å²) in [7, 11) is 1.35. The fourth-order valence-electron chi connectivity index (χ4n) is 1.47. The molecule has 0 heterocycles. The van der Waals surface area contributed by atoms with Crippen molar-refractivity contribution in [3.05, 3.63) is 23.8 Å². The molecule has 0 saturated carbocycles. The zero-order valence-corrected chi connectivity index (χ0v) is 10.2. The van der Waals surface area contributed by atoms with Gasteiger partial charge in [-0.05, 0) is 19.1 Å². The van der Waals surface area contributed by atoms with E-state index in [9.17, 15) is 20.1 Å². The number of carbonyl (C=O) groups excluding carboxylic acids is 1. The molecular formula is C12H16O6. The highest BCUT2D eigenvalue weighted by atomic mass is 16.5. The van der Waals surface area contributed by atoms with Crippen molar-refractivity contribution in [3.8, 4) is 11.5 Å². The summed E-state index contributed by atoms with van der Waals surface area (Å²) in [6.45, 7) is 1.70. The number of aliphatic hydroxyl groups excluding tert-OH is 2. The van der Waals surface area contributed by atoms with Crippen LogP contribution in [0, 0.1) is 0 Å². The molecule has 2 atom stereocenters. The molecule has 0 spiro atoms. The Morgan fingerprint density at radius 3 is 2.61 bits per heavy atom. The molecule has 0 bridgehead atoms. The Kier molecular flexibility index (Phi) is 4.94. The third-order valence-electron chi connectivity index (χ3n) is 2.36. The number of hydrogen-bond acceptors (Lipinski definition) is 6. The summed E-state index contributed by atoms with van der Waals surface area (Å²) in [6.07, 6.45) is -3.19. The fourth-order valence-corrected chi connectivity index (χ4v) is 1.47. The number of benzene rings is 1. The molecule has 6 heteroatoms. The minimum absolute atomic E-state index is 0.0478.